The summed E-state index contributed by atoms with van der Waals surface area (Å²) in [5.41, 5.74) is 1.02. The summed E-state index contributed by atoms with van der Waals surface area (Å²) < 4.78 is 1.18. The summed E-state index contributed by atoms with van der Waals surface area (Å²) in [6.07, 6.45) is 2.07. The monoisotopic (exact) mass is 401 g/mol. The molecule has 4 amide bonds. The van der Waals surface area contributed by atoms with E-state index in [-0.39, 0.29) is 19.1 Å². The SMILES string of the molecule is CC(C)CN1C(=O)C(=O)N(C[NH+]2CCC[C@H](c3nc4ccccc4s3)C2)C1=O. The molecule has 4 rings (SSSR count). The Morgan fingerprint density at radius 1 is 1.18 bits per heavy atom. The van der Waals surface area contributed by atoms with E-state index in [4.69, 9.17) is 4.98 Å². The van der Waals surface area contributed by atoms with Gasteiger partial charge in [0.25, 0.3) is 0 Å². The number of carbonyl (C=O) groups excluding carboxylic acids is 3. The number of nitrogens with zero attached hydrogens (tertiary/aromatic N) is 3. The summed E-state index contributed by atoms with van der Waals surface area (Å²) in [5, 5.41) is 1.12. The minimum atomic E-state index is -0.696. The minimum absolute atomic E-state index is 0.131. The summed E-state index contributed by atoms with van der Waals surface area (Å²) in [4.78, 5) is 45.3. The quantitative estimate of drug-likeness (QED) is 0.608. The van der Waals surface area contributed by atoms with Crippen molar-refractivity contribution in [1.29, 1.82) is 0 Å². The molecule has 0 spiro atoms. The van der Waals surface area contributed by atoms with Crippen LogP contribution in [0.5, 0.6) is 0 Å². The van der Waals surface area contributed by atoms with Gasteiger partial charge in [-0.25, -0.2) is 14.7 Å². The number of fused-ring (bicyclic) bond motifs is 1. The first-order chi connectivity index (χ1) is 13.4. The second kappa shape index (κ2) is 7.60. The number of quaternary nitrogens is 1. The van der Waals surface area contributed by atoms with Gasteiger partial charge in [-0.3, -0.25) is 14.5 Å². The van der Waals surface area contributed by atoms with Crippen LogP contribution in [-0.2, 0) is 9.59 Å². The molecule has 148 valence electrons. The molecule has 2 aliphatic rings. The van der Waals surface area contributed by atoms with Crippen molar-refractivity contribution in [2.24, 2.45) is 5.92 Å². The van der Waals surface area contributed by atoms with Crippen LogP contribution in [0.2, 0.25) is 0 Å². The summed E-state index contributed by atoms with van der Waals surface area (Å²) in [5.74, 6) is -0.944. The molecular formula is C20H25N4O3S+. The van der Waals surface area contributed by atoms with Gasteiger partial charge >= 0.3 is 17.8 Å². The average molecular weight is 402 g/mol. The fraction of sp³-hybridized carbons (Fsp3) is 0.500. The molecule has 28 heavy (non-hydrogen) atoms. The Kier molecular flexibility index (Phi) is 5.16. The Balaban J connectivity index is 1.45. The summed E-state index contributed by atoms with van der Waals surface area (Å²) in [7, 11) is 0. The molecule has 2 saturated heterocycles. The van der Waals surface area contributed by atoms with Gasteiger partial charge in [-0.1, -0.05) is 26.0 Å². The third-order valence-electron chi connectivity index (χ3n) is 5.34. The van der Waals surface area contributed by atoms with Crippen LogP contribution in [0.25, 0.3) is 10.2 Å². The molecule has 0 bridgehead atoms. The number of benzene rings is 1. The first-order valence-electron chi connectivity index (χ1n) is 9.80. The Labute approximate surface area is 167 Å². The van der Waals surface area contributed by atoms with Gasteiger partial charge in [0.05, 0.1) is 29.2 Å². The zero-order valence-electron chi connectivity index (χ0n) is 16.2. The van der Waals surface area contributed by atoms with Crippen LogP contribution in [-0.4, -0.2) is 58.9 Å². The van der Waals surface area contributed by atoms with E-state index < -0.39 is 17.8 Å². The Bertz CT molecular complexity index is 892. The Morgan fingerprint density at radius 2 is 1.93 bits per heavy atom. The summed E-state index contributed by atoms with van der Waals surface area (Å²) >= 11 is 1.72. The lowest BCUT2D eigenvalue weighted by atomic mass is 9.99. The molecule has 8 heteroatoms. The van der Waals surface area contributed by atoms with Crippen LogP contribution in [0.15, 0.2) is 24.3 Å². The highest BCUT2D eigenvalue weighted by Gasteiger charge is 2.46. The van der Waals surface area contributed by atoms with Crippen LogP contribution in [0, 0.1) is 5.92 Å². The summed E-state index contributed by atoms with van der Waals surface area (Å²) in [6, 6.07) is 7.65. The minimum Gasteiger partial charge on any atom is -0.317 e. The number of likely N-dealkylation sites (tertiary alicyclic amines) is 1. The lowest BCUT2D eigenvalue weighted by molar-refractivity contribution is -0.913. The fourth-order valence-electron chi connectivity index (χ4n) is 4.01. The number of carbonyl (C=O) groups is 3. The zero-order chi connectivity index (χ0) is 19.8. The first-order valence-corrected chi connectivity index (χ1v) is 10.6. The highest BCUT2D eigenvalue weighted by atomic mass is 32.1. The van der Waals surface area contributed by atoms with Gasteiger partial charge < -0.3 is 4.90 Å². The Morgan fingerprint density at radius 3 is 2.68 bits per heavy atom. The van der Waals surface area contributed by atoms with E-state index in [1.54, 1.807) is 11.3 Å². The predicted octanol–water partition coefficient (Wildman–Crippen LogP) is 1.46. The number of piperidine rings is 1. The van der Waals surface area contributed by atoms with E-state index in [9.17, 15) is 14.4 Å². The van der Waals surface area contributed by atoms with Crippen molar-refractivity contribution in [2.75, 3.05) is 26.3 Å². The number of rotatable bonds is 5. The van der Waals surface area contributed by atoms with Gasteiger partial charge in [-0.05, 0) is 30.9 Å². The second-order valence-corrected chi connectivity index (χ2v) is 9.11. The largest absolute Gasteiger partial charge is 0.338 e. The maximum atomic E-state index is 12.6. The molecule has 7 nitrogen and oxygen atoms in total. The molecule has 2 atom stereocenters. The Hall–Kier alpha value is -2.32. The van der Waals surface area contributed by atoms with Crippen LogP contribution in [0.4, 0.5) is 4.79 Å². The normalized spacial score (nSPS) is 23.5. The molecule has 1 aromatic carbocycles. The maximum absolute atomic E-state index is 12.6. The third kappa shape index (κ3) is 3.54. The van der Waals surface area contributed by atoms with Crippen molar-refractivity contribution in [3.63, 3.8) is 0 Å². The van der Waals surface area contributed by atoms with Crippen molar-refractivity contribution in [1.82, 2.24) is 14.8 Å². The highest BCUT2D eigenvalue weighted by molar-refractivity contribution is 7.18. The predicted molar refractivity (Wildman–Crippen MR) is 106 cm³/mol. The van der Waals surface area contributed by atoms with Gasteiger partial charge in [-0.15, -0.1) is 11.3 Å². The van der Waals surface area contributed by atoms with Crippen molar-refractivity contribution < 1.29 is 19.3 Å². The lowest BCUT2D eigenvalue weighted by Gasteiger charge is -2.30. The van der Waals surface area contributed by atoms with E-state index >= 15 is 0 Å². The molecule has 3 heterocycles. The number of para-hydroxylation sites is 1. The number of imide groups is 2. The van der Waals surface area contributed by atoms with E-state index in [0.29, 0.717) is 5.92 Å². The average Bonchev–Trinajstić information content (AvgIpc) is 3.20. The second-order valence-electron chi connectivity index (χ2n) is 8.05. The molecule has 2 aromatic rings. The van der Waals surface area contributed by atoms with Gasteiger partial charge in [0.15, 0.2) is 6.67 Å². The van der Waals surface area contributed by atoms with E-state index in [1.165, 1.54) is 4.70 Å². The number of nitrogens with one attached hydrogen (secondary N) is 1. The molecule has 0 saturated carbocycles. The maximum Gasteiger partial charge on any atom is 0.338 e. The van der Waals surface area contributed by atoms with Gasteiger partial charge in [0.2, 0.25) is 0 Å². The molecule has 1 aromatic heterocycles. The third-order valence-corrected chi connectivity index (χ3v) is 6.54. The van der Waals surface area contributed by atoms with Crippen molar-refractivity contribution in [3.05, 3.63) is 29.3 Å². The number of aromatic nitrogens is 1. The van der Waals surface area contributed by atoms with Crippen LogP contribution in [0.1, 0.15) is 37.6 Å². The fourth-order valence-corrected chi connectivity index (χ4v) is 5.11. The van der Waals surface area contributed by atoms with E-state index in [0.717, 1.165) is 51.2 Å². The van der Waals surface area contributed by atoms with Crippen molar-refractivity contribution in [2.45, 2.75) is 32.6 Å². The highest BCUT2D eigenvalue weighted by Crippen LogP contribution is 2.30. The molecule has 1 N–H and O–H groups in total. The van der Waals surface area contributed by atoms with Gasteiger partial charge in [-0.2, -0.15) is 0 Å². The van der Waals surface area contributed by atoms with Gasteiger partial charge in [0.1, 0.15) is 5.01 Å². The molecule has 0 radical (unpaired) electrons. The van der Waals surface area contributed by atoms with Crippen LogP contribution in [0.3, 0.4) is 0 Å². The smallest absolute Gasteiger partial charge is 0.317 e. The molecule has 2 aliphatic heterocycles. The van der Waals surface area contributed by atoms with Crippen LogP contribution < -0.4 is 4.90 Å². The molecule has 1 unspecified atom stereocenters. The van der Waals surface area contributed by atoms with Gasteiger partial charge in [0, 0.05) is 6.54 Å². The number of urea groups is 1. The number of hydrogen-bond donors (Lipinski definition) is 1. The topological polar surface area (TPSA) is 75.0 Å². The molecule has 0 aliphatic carbocycles. The van der Waals surface area contributed by atoms with Crippen molar-refractivity contribution in [3.8, 4) is 0 Å². The van der Waals surface area contributed by atoms with Crippen LogP contribution >= 0.6 is 11.3 Å². The lowest BCUT2D eigenvalue weighted by Crippen LogP contribution is -3.15. The standard InChI is InChI=1S/C20H24N4O3S/c1-13(2)10-23-18(25)19(26)24(20(23)27)12-22-9-5-6-14(11-22)17-21-15-7-3-4-8-16(15)28-17/h3-4,7-8,13-14H,5-6,9-12H2,1-2H3/p+1/t14-/m0/s1. The number of thiazole rings is 1. The number of amides is 4. The number of hydrogen-bond acceptors (Lipinski definition) is 5. The molecule has 2 fully saturated rings. The van der Waals surface area contributed by atoms with E-state index in [1.807, 2.05) is 32.0 Å². The first kappa shape index (κ1) is 19.0. The molecular weight excluding hydrogens is 376 g/mol. The zero-order valence-corrected chi connectivity index (χ0v) is 17.0. The van der Waals surface area contributed by atoms with Crippen molar-refractivity contribution >= 4 is 39.4 Å². The van der Waals surface area contributed by atoms with E-state index in [2.05, 4.69) is 6.07 Å². The summed E-state index contributed by atoms with van der Waals surface area (Å²) in [6.45, 7) is 6.08.